The molecule has 1 N–H and O–H groups in total. The number of carbonyl (C=O) groups excluding carboxylic acids is 1. The van der Waals surface area contributed by atoms with Crippen LogP contribution in [0.3, 0.4) is 0 Å². The van der Waals surface area contributed by atoms with Crippen LogP contribution in [0.4, 0.5) is 0 Å². The molecule has 184 valence electrons. The highest BCUT2D eigenvalue weighted by molar-refractivity contribution is 5.79. The molecule has 0 bridgehead atoms. The van der Waals surface area contributed by atoms with Crippen molar-refractivity contribution in [3.05, 3.63) is 54.1 Å². The zero-order valence-electron chi connectivity index (χ0n) is 21.4. The number of hydrogen-bond acceptors (Lipinski definition) is 3. The standard InChI is InChI=1S/C30H46O3/c1-6-22(2)12-9-13-23(3)14-10-15-24(4)16-11-17-25(5)20-21-27-29(31)26-18-7-8-19-28(26)33-30(27)32/h6-8,18-20,22-24,27,29,31H,1,9-17,21H2,2-5H3. The maximum atomic E-state index is 12.3. The van der Waals surface area contributed by atoms with Crippen molar-refractivity contribution in [2.45, 2.75) is 98.0 Å². The third-order valence-electron chi connectivity index (χ3n) is 7.27. The molecule has 0 amide bonds. The zero-order chi connectivity index (χ0) is 24.2. The lowest BCUT2D eigenvalue weighted by Crippen LogP contribution is -2.31. The minimum atomic E-state index is -0.792. The van der Waals surface area contributed by atoms with Crippen LogP contribution in [0.25, 0.3) is 0 Å². The lowest BCUT2D eigenvalue weighted by molar-refractivity contribution is -0.145. The second kappa shape index (κ2) is 14.4. The van der Waals surface area contributed by atoms with Gasteiger partial charge in [0, 0.05) is 5.56 Å². The Balaban J connectivity index is 1.62. The first-order chi connectivity index (χ1) is 15.8. The van der Waals surface area contributed by atoms with Crippen molar-refractivity contribution < 1.29 is 14.6 Å². The monoisotopic (exact) mass is 454 g/mol. The van der Waals surface area contributed by atoms with Crippen LogP contribution >= 0.6 is 0 Å². The van der Waals surface area contributed by atoms with Gasteiger partial charge in [-0.05, 0) is 56.4 Å². The van der Waals surface area contributed by atoms with Crippen LogP contribution in [0.1, 0.15) is 104 Å². The number of para-hydroxylation sites is 1. The number of allylic oxidation sites excluding steroid dienone is 3. The summed E-state index contributed by atoms with van der Waals surface area (Å²) in [6.07, 6.45) is 15.3. The maximum Gasteiger partial charge on any atom is 0.317 e. The molecule has 1 aromatic carbocycles. The lowest BCUT2D eigenvalue weighted by atomic mass is 9.89. The van der Waals surface area contributed by atoms with Gasteiger partial charge in [-0.15, -0.1) is 6.58 Å². The van der Waals surface area contributed by atoms with Crippen molar-refractivity contribution in [3.8, 4) is 5.75 Å². The van der Waals surface area contributed by atoms with Crippen LogP contribution in [-0.2, 0) is 4.79 Å². The van der Waals surface area contributed by atoms with E-state index in [9.17, 15) is 9.90 Å². The summed E-state index contributed by atoms with van der Waals surface area (Å²) < 4.78 is 5.42. The molecule has 2 rings (SSSR count). The summed E-state index contributed by atoms with van der Waals surface area (Å²) in [5.41, 5.74) is 2.01. The molecule has 0 aromatic heterocycles. The first kappa shape index (κ1) is 27.4. The Labute approximate surface area is 202 Å². The molecule has 1 heterocycles. The van der Waals surface area contributed by atoms with E-state index in [0.717, 1.165) is 18.3 Å². The third kappa shape index (κ3) is 9.49. The molecule has 3 heteroatoms. The van der Waals surface area contributed by atoms with Crippen LogP contribution in [-0.4, -0.2) is 11.1 Å². The number of aliphatic hydroxyl groups excluding tert-OH is 1. The second-order valence-corrected chi connectivity index (χ2v) is 10.5. The summed E-state index contributed by atoms with van der Waals surface area (Å²) in [5.74, 6) is 1.87. The van der Waals surface area contributed by atoms with Crippen molar-refractivity contribution in [2.24, 2.45) is 23.7 Å². The molecule has 3 nitrogen and oxygen atoms in total. The van der Waals surface area contributed by atoms with Crippen molar-refractivity contribution >= 4 is 5.97 Å². The van der Waals surface area contributed by atoms with Crippen molar-refractivity contribution in [3.63, 3.8) is 0 Å². The molecule has 1 aliphatic rings. The van der Waals surface area contributed by atoms with Gasteiger partial charge in [-0.2, -0.15) is 0 Å². The number of benzene rings is 1. The predicted molar refractivity (Wildman–Crippen MR) is 138 cm³/mol. The Morgan fingerprint density at radius 2 is 1.64 bits per heavy atom. The molecule has 5 atom stereocenters. The van der Waals surface area contributed by atoms with Gasteiger partial charge in [0.05, 0.1) is 12.0 Å². The highest BCUT2D eigenvalue weighted by Crippen LogP contribution is 2.37. The van der Waals surface area contributed by atoms with E-state index in [1.54, 1.807) is 6.07 Å². The Morgan fingerprint density at radius 1 is 1.03 bits per heavy atom. The smallest absolute Gasteiger partial charge is 0.317 e. The fraction of sp³-hybridized carbons (Fsp3) is 0.633. The average Bonchev–Trinajstić information content (AvgIpc) is 2.78. The maximum absolute atomic E-state index is 12.3. The first-order valence-electron chi connectivity index (χ1n) is 13.1. The molecule has 0 aliphatic carbocycles. The summed E-state index contributed by atoms with van der Waals surface area (Å²) in [6, 6.07) is 7.25. The molecule has 0 radical (unpaired) electrons. The number of hydrogen-bond donors (Lipinski definition) is 1. The Kier molecular flexibility index (Phi) is 11.9. The van der Waals surface area contributed by atoms with E-state index in [2.05, 4.69) is 46.4 Å². The van der Waals surface area contributed by atoms with E-state index in [4.69, 9.17) is 4.74 Å². The topological polar surface area (TPSA) is 46.5 Å². The number of esters is 1. The fourth-order valence-corrected chi connectivity index (χ4v) is 4.74. The number of rotatable bonds is 15. The van der Waals surface area contributed by atoms with E-state index in [1.807, 2.05) is 18.2 Å². The third-order valence-corrected chi connectivity index (χ3v) is 7.27. The first-order valence-corrected chi connectivity index (χ1v) is 13.1. The molecular formula is C30H46O3. The van der Waals surface area contributed by atoms with Gasteiger partial charge in [0.15, 0.2) is 0 Å². The van der Waals surface area contributed by atoms with Gasteiger partial charge in [-0.3, -0.25) is 4.79 Å². The molecule has 33 heavy (non-hydrogen) atoms. The van der Waals surface area contributed by atoms with Gasteiger partial charge in [-0.1, -0.05) is 95.2 Å². The van der Waals surface area contributed by atoms with Gasteiger partial charge in [0.2, 0.25) is 0 Å². The van der Waals surface area contributed by atoms with Crippen LogP contribution < -0.4 is 4.74 Å². The van der Waals surface area contributed by atoms with Crippen LogP contribution in [0, 0.1) is 23.7 Å². The average molecular weight is 455 g/mol. The Hall–Kier alpha value is -1.87. The van der Waals surface area contributed by atoms with Gasteiger partial charge >= 0.3 is 5.97 Å². The quantitative estimate of drug-likeness (QED) is 0.165. The summed E-state index contributed by atoms with van der Waals surface area (Å²) in [6.45, 7) is 13.0. The summed E-state index contributed by atoms with van der Waals surface area (Å²) in [4.78, 5) is 12.3. The van der Waals surface area contributed by atoms with Gasteiger partial charge < -0.3 is 9.84 Å². The highest BCUT2D eigenvalue weighted by atomic mass is 16.5. The Morgan fingerprint density at radius 3 is 2.30 bits per heavy atom. The Bertz CT molecular complexity index is 766. The van der Waals surface area contributed by atoms with Gasteiger partial charge in [0.1, 0.15) is 5.75 Å². The number of fused-ring (bicyclic) bond motifs is 1. The molecule has 1 aromatic rings. The lowest BCUT2D eigenvalue weighted by Gasteiger charge is -2.27. The second-order valence-electron chi connectivity index (χ2n) is 10.5. The van der Waals surface area contributed by atoms with E-state index >= 15 is 0 Å². The van der Waals surface area contributed by atoms with Crippen molar-refractivity contribution in [2.75, 3.05) is 0 Å². The number of ether oxygens (including phenoxy) is 1. The molecule has 0 saturated heterocycles. The van der Waals surface area contributed by atoms with E-state index in [-0.39, 0.29) is 5.97 Å². The molecule has 0 fully saturated rings. The predicted octanol–water partition coefficient (Wildman–Crippen LogP) is 8.20. The van der Waals surface area contributed by atoms with E-state index in [0.29, 0.717) is 23.7 Å². The van der Waals surface area contributed by atoms with Gasteiger partial charge in [-0.25, -0.2) is 0 Å². The number of carbonyl (C=O) groups is 1. The largest absolute Gasteiger partial charge is 0.426 e. The SMILES string of the molecule is C=CC(C)CCCC(C)CCCC(C)CCCC(C)=CCC1C(=O)Oc2ccccc2C1O. The summed E-state index contributed by atoms with van der Waals surface area (Å²) in [5, 5.41) is 10.6. The van der Waals surface area contributed by atoms with E-state index in [1.165, 1.54) is 56.9 Å². The molecule has 1 aliphatic heterocycles. The minimum Gasteiger partial charge on any atom is -0.426 e. The van der Waals surface area contributed by atoms with Crippen molar-refractivity contribution in [1.29, 1.82) is 0 Å². The van der Waals surface area contributed by atoms with Crippen molar-refractivity contribution in [1.82, 2.24) is 0 Å². The number of aliphatic hydroxyl groups is 1. The highest BCUT2D eigenvalue weighted by Gasteiger charge is 2.35. The normalized spacial score (nSPS) is 21.1. The molecular weight excluding hydrogens is 408 g/mol. The minimum absolute atomic E-state index is 0.330. The van der Waals surface area contributed by atoms with Crippen LogP contribution in [0.5, 0.6) is 5.75 Å². The fourth-order valence-electron chi connectivity index (χ4n) is 4.74. The summed E-state index contributed by atoms with van der Waals surface area (Å²) in [7, 11) is 0. The van der Waals surface area contributed by atoms with Gasteiger partial charge in [0.25, 0.3) is 0 Å². The van der Waals surface area contributed by atoms with Crippen LogP contribution in [0.15, 0.2) is 48.6 Å². The summed E-state index contributed by atoms with van der Waals surface area (Å²) >= 11 is 0. The molecule has 5 unspecified atom stereocenters. The molecule has 0 spiro atoms. The van der Waals surface area contributed by atoms with E-state index < -0.39 is 12.0 Å². The zero-order valence-corrected chi connectivity index (χ0v) is 21.4. The van der Waals surface area contributed by atoms with Crippen LogP contribution in [0.2, 0.25) is 0 Å². The molecule has 0 saturated carbocycles.